The van der Waals surface area contributed by atoms with Crippen LogP contribution in [-0.4, -0.2) is 67.4 Å². The molecule has 3 aromatic rings. The van der Waals surface area contributed by atoms with Crippen molar-refractivity contribution in [3.05, 3.63) is 88.5 Å². The Morgan fingerprint density at radius 2 is 1.83 bits per heavy atom. The van der Waals surface area contributed by atoms with Gasteiger partial charge < -0.3 is 29.7 Å². The van der Waals surface area contributed by atoms with Gasteiger partial charge in [-0.15, -0.1) is 0 Å². The Kier molecular flexibility index (Phi) is 7.05. The third-order valence-corrected chi connectivity index (χ3v) is 7.66. The number of carbonyl (C=O) groups excluding carboxylic acids is 4. The highest BCUT2D eigenvalue weighted by molar-refractivity contribution is 6.05. The van der Waals surface area contributed by atoms with Crippen LogP contribution in [0.5, 0.6) is 17.2 Å². The van der Waals surface area contributed by atoms with Crippen molar-refractivity contribution >= 4 is 23.5 Å². The molecular weight excluding hydrogens is 526 g/mol. The zero-order chi connectivity index (χ0) is 28.5. The van der Waals surface area contributed by atoms with E-state index in [-0.39, 0.29) is 49.0 Å². The second kappa shape index (κ2) is 11.0. The number of methoxy groups -OCH3 is 1. The number of hydrogen-bond donors (Lipinski definition) is 2. The molecule has 0 spiro atoms. The molecule has 1 aliphatic carbocycles. The van der Waals surface area contributed by atoms with Crippen molar-refractivity contribution in [2.45, 2.75) is 31.5 Å². The van der Waals surface area contributed by atoms with Crippen molar-refractivity contribution in [1.29, 1.82) is 0 Å². The Labute approximate surface area is 236 Å². The molecule has 10 nitrogen and oxygen atoms in total. The zero-order valence-electron chi connectivity index (χ0n) is 22.5. The van der Waals surface area contributed by atoms with E-state index in [1.165, 1.54) is 13.2 Å². The van der Waals surface area contributed by atoms with Crippen LogP contribution in [0.25, 0.3) is 0 Å². The summed E-state index contributed by atoms with van der Waals surface area (Å²) in [6, 6.07) is 16.7. The topological polar surface area (TPSA) is 123 Å². The minimum Gasteiger partial charge on any atom is -0.493 e. The molecule has 210 valence electrons. The van der Waals surface area contributed by atoms with Crippen LogP contribution in [-0.2, 0) is 17.8 Å². The summed E-state index contributed by atoms with van der Waals surface area (Å²) in [7, 11) is 1.48. The van der Waals surface area contributed by atoms with Crippen molar-refractivity contribution < 1.29 is 33.4 Å². The molecular formula is C31H29N3O7. The average Bonchev–Trinajstić information content (AvgIpc) is 3.57. The van der Waals surface area contributed by atoms with Crippen molar-refractivity contribution in [3.63, 3.8) is 0 Å². The normalized spacial score (nSPS) is 20.2. The van der Waals surface area contributed by atoms with Gasteiger partial charge in [-0.1, -0.05) is 24.3 Å². The molecule has 0 unspecified atom stereocenters. The number of amides is 3. The molecule has 41 heavy (non-hydrogen) atoms. The van der Waals surface area contributed by atoms with E-state index in [1.54, 1.807) is 47.4 Å². The maximum Gasteiger partial charge on any atom is 0.258 e. The van der Waals surface area contributed by atoms with Crippen LogP contribution < -0.4 is 24.8 Å². The van der Waals surface area contributed by atoms with Crippen LogP contribution >= 0.6 is 0 Å². The number of fused-ring (bicyclic) bond motifs is 8. The summed E-state index contributed by atoms with van der Waals surface area (Å²) in [5.74, 6) is 0.356. The first kappa shape index (κ1) is 26.4. The van der Waals surface area contributed by atoms with Gasteiger partial charge in [0.25, 0.3) is 17.7 Å². The van der Waals surface area contributed by atoms with Gasteiger partial charge >= 0.3 is 0 Å². The van der Waals surface area contributed by atoms with Crippen LogP contribution in [0.3, 0.4) is 0 Å². The summed E-state index contributed by atoms with van der Waals surface area (Å²) in [6.07, 6.45) is 0.409. The quantitative estimate of drug-likeness (QED) is 0.498. The maximum absolute atomic E-state index is 13.7. The fraction of sp³-hybridized carbons (Fsp3) is 0.290. The van der Waals surface area contributed by atoms with Gasteiger partial charge in [0.05, 0.1) is 19.7 Å². The predicted molar refractivity (Wildman–Crippen MR) is 147 cm³/mol. The summed E-state index contributed by atoms with van der Waals surface area (Å²) in [6.45, 7) is 0.524. The number of ketones is 1. The van der Waals surface area contributed by atoms with Gasteiger partial charge in [0.2, 0.25) is 0 Å². The highest BCUT2D eigenvalue weighted by Gasteiger charge is 2.39. The van der Waals surface area contributed by atoms with Gasteiger partial charge in [0.15, 0.2) is 23.9 Å². The molecule has 10 heteroatoms. The van der Waals surface area contributed by atoms with E-state index < -0.39 is 12.1 Å². The smallest absolute Gasteiger partial charge is 0.258 e. The first-order chi connectivity index (χ1) is 19.9. The first-order valence-corrected chi connectivity index (χ1v) is 13.5. The lowest BCUT2D eigenvalue weighted by Crippen LogP contribution is -2.45. The molecule has 4 aliphatic rings. The number of carbonyl (C=O) groups is 4. The monoisotopic (exact) mass is 555 g/mol. The summed E-state index contributed by atoms with van der Waals surface area (Å²) >= 11 is 0. The largest absolute Gasteiger partial charge is 0.493 e. The van der Waals surface area contributed by atoms with Crippen molar-refractivity contribution in [1.82, 2.24) is 15.5 Å². The Bertz CT molecular complexity index is 1540. The molecule has 3 aliphatic heterocycles. The van der Waals surface area contributed by atoms with Crippen LogP contribution in [0.1, 0.15) is 48.6 Å². The van der Waals surface area contributed by atoms with Gasteiger partial charge in [-0.05, 0) is 53.9 Å². The third-order valence-electron chi connectivity index (χ3n) is 7.66. The number of benzene rings is 3. The summed E-state index contributed by atoms with van der Waals surface area (Å²) in [5, 5.41) is 5.84. The Balaban J connectivity index is 1.31. The van der Waals surface area contributed by atoms with Crippen molar-refractivity contribution in [3.8, 4) is 17.2 Å². The molecule has 1 fully saturated rings. The Morgan fingerprint density at radius 3 is 2.63 bits per heavy atom. The number of nitrogens with zero attached hydrogens (tertiary/aromatic N) is 1. The van der Waals surface area contributed by atoms with E-state index in [2.05, 4.69) is 10.6 Å². The number of Topliss-reactive ketones (excluding diaryl/α,β-unsaturated/α-hetero) is 1. The lowest BCUT2D eigenvalue weighted by molar-refractivity contribution is -0.123. The average molecular weight is 556 g/mol. The lowest BCUT2D eigenvalue weighted by Gasteiger charge is -2.21. The number of likely N-dealkylation sites (tertiary alicyclic amines) is 1. The molecule has 2 N–H and O–H groups in total. The van der Waals surface area contributed by atoms with E-state index in [4.69, 9.17) is 14.2 Å². The molecule has 3 aromatic carbocycles. The van der Waals surface area contributed by atoms with Crippen LogP contribution in [0.2, 0.25) is 0 Å². The van der Waals surface area contributed by atoms with Gasteiger partial charge in [-0.3, -0.25) is 19.2 Å². The van der Waals surface area contributed by atoms with Crippen LogP contribution in [0.4, 0.5) is 0 Å². The highest BCUT2D eigenvalue weighted by Crippen LogP contribution is 2.30. The van der Waals surface area contributed by atoms with Gasteiger partial charge in [-0.2, -0.15) is 0 Å². The molecule has 0 aromatic heterocycles. The summed E-state index contributed by atoms with van der Waals surface area (Å²) in [5.41, 5.74) is 3.07. The standard InChI is InChI=1S/C31H29N3O7/c1-39-26-12-7-19-13-27(26)40-17-29(36)32-14-18-5-8-20(9-6-18)41-28-16-34(15-24(28)33-30(19)37)31(38)23-4-2-3-22-21(23)10-11-25(22)35/h2-9,12-13,24,28H,10-11,14-17H2,1H3,(H,32,36)(H,33,37)/t24-,28-/m0/s1. The number of rotatable bonds is 2. The van der Waals surface area contributed by atoms with E-state index in [9.17, 15) is 19.2 Å². The Hall–Kier alpha value is -4.86. The first-order valence-electron chi connectivity index (χ1n) is 13.5. The summed E-state index contributed by atoms with van der Waals surface area (Å²) in [4.78, 5) is 53.4. The minimum atomic E-state index is -0.531. The molecule has 3 heterocycles. The summed E-state index contributed by atoms with van der Waals surface area (Å²) < 4.78 is 17.4. The van der Waals surface area contributed by atoms with Gasteiger partial charge in [0, 0.05) is 36.2 Å². The highest BCUT2D eigenvalue weighted by atomic mass is 16.5. The van der Waals surface area contributed by atoms with E-state index >= 15 is 0 Å². The zero-order valence-corrected chi connectivity index (χ0v) is 22.5. The number of nitrogens with one attached hydrogen (secondary N) is 2. The molecule has 1 saturated heterocycles. The van der Waals surface area contributed by atoms with Crippen LogP contribution in [0.15, 0.2) is 60.7 Å². The maximum atomic E-state index is 13.7. The van der Waals surface area contributed by atoms with E-state index in [0.29, 0.717) is 47.6 Å². The van der Waals surface area contributed by atoms with Crippen molar-refractivity contribution in [2.24, 2.45) is 0 Å². The fourth-order valence-electron chi connectivity index (χ4n) is 5.50. The second-order valence-corrected chi connectivity index (χ2v) is 10.3. The molecule has 2 atom stereocenters. The Morgan fingerprint density at radius 1 is 1.00 bits per heavy atom. The SMILES string of the molecule is COc1ccc2cc1OCC(=O)NCc1ccc(cc1)O[C@H]1CN(C(=O)c3cccc4c3CCC4=O)C[C@@H]1NC2=O. The lowest BCUT2D eigenvalue weighted by atomic mass is 10.0. The van der Waals surface area contributed by atoms with E-state index in [1.807, 2.05) is 12.1 Å². The van der Waals surface area contributed by atoms with Gasteiger partial charge in [-0.25, -0.2) is 0 Å². The fourth-order valence-corrected chi connectivity index (χ4v) is 5.50. The van der Waals surface area contributed by atoms with Crippen molar-refractivity contribution in [2.75, 3.05) is 26.8 Å². The third kappa shape index (κ3) is 5.32. The molecule has 3 amide bonds. The molecule has 0 radical (unpaired) electrons. The molecule has 4 bridgehead atoms. The molecule has 0 saturated carbocycles. The number of ether oxygens (including phenoxy) is 3. The minimum absolute atomic E-state index is 0.0490. The predicted octanol–water partition coefficient (Wildman–Crippen LogP) is 2.53. The van der Waals surface area contributed by atoms with Gasteiger partial charge in [0.1, 0.15) is 11.9 Å². The van der Waals surface area contributed by atoms with Crippen LogP contribution in [0, 0.1) is 0 Å². The van der Waals surface area contributed by atoms with E-state index in [0.717, 1.165) is 11.1 Å². The second-order valence-electron chi connectivity index (χ2n) is 10.3. The number of hydrogen-bond acceptors (Lipinski definition) is 7. The molecule has 7 rings (SSSR count).